The monoisotopic (exact) mass is 455 g/mol. The molecule has 0 aliphatic carbocycles. The number of hydrogen-bond donors (Lipinski definition) is 2. The molecular weight excluding hydrogens is 434 g/mol. The van der Waals surface area contributed by atoms with Crippen LogP contribution in [0, 0.1) is 0 Å². The van der Waals surface area contributed by atoms with Crippen LogP contribution in [0.1, 0.15) is 18.7 Å². The first-order valence-electron chi connectivity index (χ1n) is 10.1. The number of urea groups is 1. The number of oxazole rings is 1. The Hall–Kier alpha value is -3.36. The molecule has 0 radical (unpaired) electrons. The second kappa shape index (κ2) is 8.64. The Morgan fingerprint density at radius 1 is 1.06 bits per heavy atom. The van der Waals surface area contributed by atoms with Gasteiger partial charge in [0.25, 0.3) is 0 Å². The van der Waals surface area contributed by atoms with E-state index in [2.05, 4.69) is 4.98 Å². The summed E-state index contributed by atoms with van der Waals surface area (Å²) in [5, 5.41) is 20.7. The molecule has 0 atom stereocenters. The van der Waals surface area contributed by atoms with Crippen LogP contribution in [0.15, 0.2) is 59.0 Å². The van der Waals surface area contributed by atoms with Crippen molar-refractivity contribution in [2.75, 3.05) is 20.1 Å². The molecule has 1 aliphatic rings. The first-order valence-corrected chi connectivity index (χ1v) is 10.5. The van der Waals surface area contributed by atoms with Crippen molar-refractivity contribution in [2.24, 2.45) is 0 Å². The fraction of sp³-hybridized carbons (Fsp3) is 0.261. The SMILES string of the molecule is CN(O)C(=O)N1CCC(C(=O)O)(c2nc(-c3ccc(Cl)cc3)c(-c3ccccc3)o2)CC1. The van der Waals surface area contributed by atoms with E-state index in [-0.39, 0.29) is 31.8 Å². The average Bonchev–Trinajstić information content (AvgIpc) is 3.25. The van der Waals surface area contributed by atoms with Gasteiger partial charge in [-0.15, -0.1) is 0 Å². The molecule has 3 aromatic rings. The molecule has 166 valence electrons. The molecule has 9 heteroatoms. The first kappa shape index (κ1) is 21.9. The zero-order chi connectivity index (χ0) is 22.9. The molecule has 2 aromatic carbocycles. The predicted molar refractivity (Wildman–Crippen MR) is 117 cm³/mol. The molecule has 4 rings (SSSR count). The second-order valence-electron chi connectivity index (χ2n) is 7.75. The lowest BCUT2D eigenvalue weighted by atomic mass is 9.78. The number of carbonyl (C=O) groups excluding carboxylic acids is 1. The van der Waals surface area contributed by atoms with Gasteiger partial charge in [0.1, 0.15) is 11.1 Å². The van der Waals surface area contributed by atoms with Gasteiger partial charge < -0.3 is 14.4 Å². The van der Waals surface area contributed by atoms with Gasteiger partial charge in [0.15, 0.2) is 5.76 Å². The fourth-order valence-electron chi connectivity index (χ4n) is 3.92. The number of aliphatic carboxylic acids is 1. The second-order valence-corrected chi connectivity index (χ2v) is 8.19. The zero-order valence-electron chi connectivity index (χ0n) is 17.4. The molecule has 0 spiro atoms. The summed E-state index contributed by atoms with van der Waals surface area (Å²) >= 11 is 6.03. The molecule has 1 aromatic heterocycles. The van der Waals surface area contributed by atoms with Crippen molar-refractivity contribution in [3.8, 4) is 22.6 Å². The van der Waals surface area contributed by atoms with Gasteiger partial charge in [0.05, 0.1) is 0 Å². The molecule has 0 bridgehead atoms. The van der Waals surface area contributed by atoms with E-state index >= 15 is 0 Å². The number of nitrogens with zero attached hydrogens (tertiary/aromatic N) is 3. The van der Waals surface area contributed by atoms with Gasteiger partial charge in [-0.3, -0.25) is 10.0 Å². The van der Waals surface area contributed by atoms with Crippen LogP contribution in [-0.4, -0.2) is 57.4 Å². The number of rotatable bonds is 4. The van der Waals surface area contributed by atoms with Crippen LogP contribution in [0.2, 0.25) is 5.02 Å². The largest absolute Gasteiger partial charge is 0.480 e. The number of benzene rings is 2. The molecule has 2 amide bonds. The van der Waals surface area contributed by atoms with Crippen LogP contribution in [0.25, 0.3) is 22.6 Å². The minimum Gasteiger partial charge on any atom is -0.480 e. The number of carboxylic acid groups (broad SMARTS) is 1. The third kappa shape index (κ3) is 3.94. The zero-order valence-corrected chi connectivity index (χ0v) is 18.1. The number of aromatic nitrogens is 1. The van der Waals surface area contributed by atoms with Crippen LogP contribution >= 0.6 is 11.6 Å². The minimum atomic E-state index is -1.39. The van der Waals surface area contributed by atoms with Gasteiger partial charge >= 0.3 is 12.0 Å². The van der Waals surface area contributed by atoms with E-state index in [1.807, 2.05) is 42.5 Å². The Balaban J connectivity index is 1.78. The van der Waals surface area contributed by atoms with Crippen LogP contribution < -0.4 is 0 Å². The molecule has 2 N–H and O–H groups in total. The lowest BCUT2D eigenvalue weighted by Gasteiger charge is -2.37. The number of hydrogen-bond acceptors (Lipinski definition) is 5. The van der Waals surface area contributed by atoms with E-state index in [1.54, 1.807) is 12.1 Å². The summed E-state index contributed by atoms with van der Waals surface area (Å²) in [6.07, 6.45) is 0.216. The van der Waals surface area contributed by atoms with Gasteiger partial charge in [-0.2, -0.15) is 0 Å². The number of carbonyl (C=O) groups is 2. The predicted octanol–water partition coefficient (Wildman–Crippen LogP) is 4.52. The molecule has 2 heterocycles. The van der Waals surface area contributed by atoms with Crippen molar-refractivity contribution in [3.63, 3.8) is 0 Å². The van der Waals surface area contributed by atoms with Crippen molar-refractivity contribution < 1.29 is 24.3 Å². The van der Waals surface area contributed by atoms with E-state index in [4.69, 9.17) is 16.0 Å². The third-order valence-electron chi connectivity index (χ3n) is 5.76. The number of halogens is 1. The number of likely N-dealkylation sites (tertiary alicyclic amines) is 1. The number of carboxylic acids is 1. The van der Waals surface area contributed by atoms with E-state index in [9.17, 15) is 19.9 Å². The average molecular weight is 456 g/mol. The van der Waals surface area contributed by atoms with E-state index in [0.29, 0.717) is 21.5 Å². The molecule has 0 unspecified atom stereocenters. The van der Waals surface area contributed by atoms with Crippen LogP contribution in [0.3, 0.4) is 0 Å². The first-order chi connectivity index (χ1) is 15.3. The van der Waals surface area contributed by atoms with Crippen molar-refractivity contribution in [2.45, 2.75) is 18.3 Å². The van der Waals surface area contributed by atoms with Crippen molar-refractivity contribution >= 4 is 23.6 Å². The fourth-order valence-corrected chi connectivity index (χ4v) is 4.04. The highest BCUT2D eigenvalue weighted by Crippen LogP contribution is 2.41. The summed E-state index contributed by atoms with van der Waals surface area (Å²) in [6.45, 7) is 0.296. The topological polar surface area (TPSA) is 107 Å². The molecule has 1 aliphatic heterocycles. The van der Waals surface area contributed by atoms with Crippen molar-refractivity contribution in [1.82, 2.24) is 14.9 Å². The van der Waals surface area contributed by atoms with Gasteiger partial charge in [0, 0.05) is 36.3 Å². The van der Waals surface area contributed by atoms with Gasteiger partial charge in [0.2, 0.25) is 5.89 Å². The highest BCUT2D eigenvalue weighted by Gasteiger charge is 2.49. The highest BCUT2D eigenvalue weighted by molar-refractivity contribution is 6.30. The Bertz CT molecular complexity index is 1120. The Labute approximate surface area is 189 Å². The van der Waals surface area contributed by atoms with Gasteiger partial charge in [-0.25, -0.2) is 14.8 Å². The van der Waals surface area contributed by atoms with E-state index < -0.39 is 17.4 Å². The highest BCUT2D eigenvalue weighted by atomic mass is 35.5. The normalized spacial score (nSPS) is 15.4. The smallest absolute Gasteiger partial charge is 0.343 e. The van der Waals surface area contributed by atoms with Crippen LogP contribution in [0.4, 0.5) is 4.79 Å². The molecule has 8 nitrogen and oxygen atoms in total. The maximum absolute atomic E-state index is 12.4. The van der Waals surface area contributed by atoms with Crippen LogP contribution in [-0.2, 0) is 10.2 Å². The lowest BCUT2D eigenvalue weighted by molar-refractivity contribution is -0.147. The summed E-state index contributed by atoms with van der Waals surface area (Å²) in [7, 11) is 1.24. The standard InChI is InChI=1S/C23H22ClN3O5/c1-26(31)22(30)27-13-11-23(12-14-27,21(28)29)20-25-18(15-7-9-17(24)10-8-15)19(32-20)16-5-3-2-4-6-16/h2-10,31H,11-14H2,1H3,(H,28,29). The Morgan fingerprint density at radius 2 is 1.69 bits per heavy atom. The Kier molecular flexibility index (Phi) is 5.90. The number of amides is 2. The molecule has 1 saturated heterocycles. The summed E-state index contributed by atoms with van der Waals surface area (Å²) < 4.78 is 6.14. The van der Waals surface area contributed by atoms with Crippen molar-refractivity contribution in [1.29, 1.82) is 0 Å². The quantitative estimate of drug-likeness (QED) is 0.442. The van der Waals surface area contributed by atoms with E-state index in [1.165, 1.54) is 11.9 Å². The van der Waals surface area contributed by atoms with Crippen LogP contribution in [0.5, 0.6) is 0 Å². The summed E-state index contributed by atoms with van der Waals surface area (Å²) in [5.41, 5.74) is 0.653. The summed E-state index contributed by atoms with van der Waals surface area (Å²) in [4.78, 5) is 30.6. The van der Waals surface area contributed by atoms with Crippen molar-refractivity contribution in [3.05, 3.63) is 65.5 Å². The lowest BCUT2D eigenvalue weighted by Crippen LogP contribution is -2.51. The van der Waals surface area contributed by atoms with Gasteiger partial charge in [-0.05, 0) is 25.0 Å². The maximum atomic E-state index is 12.4. The summed E-state index contributed by atoms with van der Waals surface area (Å²) in [5.74, 6) is -0.499. The summed E-state index contributed by atoms with van der Waals surface area (Å²) in [6, 6.07) is 15.9. The Morgan fingerprint density at radius 3 is 2.25 bits per heavy atom. The third-order valence-corrected chi connectivity index (χ3v) is 6.02. The molecule has 0 saturated carbocycles. The minimum absolute atomic E-state index is 0.0956. The number of hydroxylamine groups is 2. The maximum Gasteiger partial charge on any atom is 0.343 e. The molecule has 1 fully saturated rings. The molecular formula is C23H22ClN3O5. The van der Waals surface area contributed by atoms with Gasteiger partial charge in [-0.1, -0.05) is 54.1 Å². The van der Waals surface area contributed by atoms with E-state index in [0.717, 1.165) is 11.1 Å². The number of piperidine rings is 1. The molecule has 32 heavy (non-hydrogen) atoms.